The van der Waals surface area contributed by atoms with Crippen molar-refractivity contribution in [2.24, 2.45) is 0 Å². The summed E-state index contributed by atoms with van der Waals surface area (Å²) in [5, 5.41) is 2.67. The lowest BCUT2D eigenvalue weighted by Crippen LogP contribution is -2.31. The Hall–Kier alpha value is -2.82. The van der Waals surface area contributed by atoms with E-state index in [2.05, 4.69) is 5.32 Å². The number of hydrogen-bond acceptors (Lipinski definition) is 4. The fraction of sp³-hybridized carbons (Fsp3) is 0.263. The lowest BCUT2D eigenvalue weighted by Gasteiger charge is -2.16. The summed E-state index contributed by atoms with van der Waals surface area (Å²) in [6, 6.07) is 16.4. The SMILES string of the molecule is CC[C@@H](Oc1ccccc1)C(=O)OCC(=O)Nc1ccc(C)cc1. The number of anilines is 1. The molecule has 5 nitrogen and oxygen atoms in total. The third kappa shape index (κ3) is 5.43. The van der Waals surface area contributed by atoms with E-state index in [0.717, 1.165) is 5.56 Å². The first-order valence-corrected chi connectivity index (χ1v) is 7.83. The van der Waals surface area contributed by atoms with Crippen molar-refractivity contribution in [3.63, 3.8) is 0 Å². The van der Waals surface area contributed by atoms with E-state index in [-0.39, 0.29) is 12.5 Å². The minimum atomic E-state index is -0.737. The van der Waals surface area contributed by atoms with E-state index in [1.54, 1.807) is 24.3 Å². The van der Waals surface area contributed by atoms with Gasteiger partial charge in [0.2, 0.25) is 0 Å². The molecule has 24 heavy (non-hydrogen) atoms. The third-order valence-corrected chi connectivity index (χ3v) is 3.34. The number of benzene rings is 2. The molecule has 0 aliphatic carbocycles. The molecule has 0 bridgehead atoms. The molecule has 0 unspecified atom stereocenters. The molecule has 0 aliphatic rings. The van der Waals surface area contributed by atoms with Gasteiger partial charge in [-0.2, -0.15) is 0 Å². The minimum Gasteiger partial charge on any atom is -0.479 e. The normalized spacial score (nSPS) is 11.4. The van der Waals surface area contributed by atoms with Gasteiger partial charge in [-0.05, 0) is 37.6 Å². The van der Waals surface area contributed by atoms with Gasteiger partial charge in [-0.25, -0.2) is 4.79 Å². The van der Waals surface area contributed by atoms with Gasteiger partial charge in [-0.15, -0.1) is 0 Å². The van der Waals surface area contributed by atoms with Gasteiger partial charge in [0.25, 0.3) is 5.91 Å². The van der Waals surface area contributed by atoms with Crippen LogP contribution < -0.4 is 10.1 Å². The number of carbonyl (C=O) groups is 2. The molecule has 2 aromatic carbocycles. The standard InChI is InChI=1S/C19H21NO4/c1-3-17(24-16-7-5-4-6-8-16)19(22)23-13-18(21)20-15-11-9-14(2)10-12-15/h4-12,17H,3,13H2,1-2H3,(H,20,21)/t17-/m1/s1. The number of nitrogens with one attached hydrogen (secondary N) is 1. The van der Waals surface area contributed by atoms with E-state index in [4.69, 9.17) is 9.47 Å². The number of carbonyl (C=O) groups excluding carboxylic acids is 2. The smallest absolute Gasteiger partial charge is 0.347 e. The first-order valence-electron chi connectivity index (χ1n) is 7.83. The van der Waals surface area contributed by atoms with Crippen LogP contribution in [0.4, 0.5) is 5.69 Å². The van der Waals surface area contributed by atoms with E-state index in [0.29, 0.717) is 17.9 Å². The van der Waals surface area contributed by atoms with Crippen LogP contribution in [0.25, 0.3) is 0 Å². The molecule has 0 aliphatic heterocycles. The maximum Gasteiger partial charge on any atom is 0.347 e. The monoisotopic (exact) mass is 327 g/mol. The summed E-state index contributed by atoms with van der Waals surface area (Å²) >= 11 is 0. The van der Waals surface area contributed by atoms with Crippen molar-refractivity contribution in [2.45, 2.75) is 26.4 Å². The summed E-state index contributed by atoms with van der Waals surface area (Å²) in [4.78, 5) is 23.9. The van der Waals surface area contributed by atoms with Crippen LogP contribution in [0, 0.1) is 6.92 Å². The van der Waals surface area contributed by atoms with Gasteiger partial charge in [-0.3, -0.25) is 4.79 Å². The highest BCUT2D eigenvalue weighted by Gasteiger charge is 2.21. The highest BCUT2D eigenvalue weighted by atomic mass is 16.6. The maximum absolute atomic E-state index is 12.1. The predicted molar refractivity (Wildman–Crippen MR) is 91.9 cm³/mol. The fourth-order valence-electron chi connectivity index (χ4n) is 2.03. The zero-order valence-corrected chi connectivity index (χ0v) is 13.8. The van der Waals surface area contributed by atoms with E-state index in [1.165, 1.54) is 0 Å². The first-order chi connectivity index (χ1) is 11.6. The van der Waals surface area contributed by atoms with Crippen molar-refractivity contribution in [3.05, 3.63) is 60.2 Å². The van der Waals surface area contributed by atoms with E-state index in [9.17, 15) is 9.59 Å². The summed E-state index contributed by atoms with van der Waals surface area (Å²) in [5.41, 5.74) is 1.76. The van der Waals surface area contributed by atoms with Crippen LogP contribution in [0.1, 0.15) is 18.9 Å². The molecule has 2 aromatic rings. The molecule has 0 fully saturated rings. The molecule has 126 valence electrons. The Morgan fingerprint density at radius 2 is 1.71 bits per heavy atom. The van der Waals surface area contributed by atoms with E-state index in [1.807, 2.05) is 44.2 Å². The van der Waals surface area contributed by atoms with Gasteiger partial charge in [0, 0.05) is 5.69 Å². The zero-order chi connectivity index (χ0) is 17.4. The number of para-hydroxylation sites is 1. The quantitative estimate of drug-likeness (QED) is 0.792. The van der Waals surface area contributed by atoms with Gasteiger partial charge in [-0.1, -0.05) is 42.8 Å². The molecule has 0 heterocycles. The van der Waals surface area contributed by atoms with Gasteiger partial charge in [0.1, 0.15) is 5.75 Å². The molecule has 0 saturated carbocycles. The van der Waals surface area contributed by atoms with Crippen LogP contribution >= 0.6 is 0 Å². The molecule has 1 atom stereocenters. The van der Waals surface area contributed by atoms with E-state index >= 15 is 0 Å². The number of rotatable bonds is 7. The van der Waals surface area contributed by atoms with Crippen molar-refractivity contribution in [2.75, 3.05) is 11.9 Å². The zero-order valence-electron chi connectivity index (χ0n) is 13.8. The van der Waals surface area contributed by atoms with Crippen molar-refractivity contribution >= 4 is 17.6 Å². The highest BCUT2D eigenvalue weighted by molar-refractivity contribution is 5.93. The lowest BCUT2D eigenvalue weighted by atomic mass is 10.2. The highest BCUT2D eigenvalue weighted by Crippen LogP contribution is 2.13. The van der Waals surface area contributed by atoms with Crippen LogP contribution in [-0.2, 0) is 14.3 Å². The van der Waals surface area contributed by atoms with Gasteiger partial charge < -0.3 is 14.8 Å². The molecule has 0 spiro atoms. The molecule has 1 amide bonds. The Kier molecular flexibility index (Phi) is 6.37. The number of esters is 1. The summed E-state index contributed by atoms with van der Waals surface area (Å²) in [6.07, 6.45) is -0.285. The van der Waals surface area contributed by atoms with Crippen molar-refractivity contribution in [3.8, 4) is 5.75 Å². The van der Waals surface area contributed by atoms with Gasteiger partial charge in [0.05, 0.1) is 0 Å². The molecule has 0 saturated heterocycles. The first kappa shape index (κ1) is 17.5. The Bertz CT molecular complexity index is 668. The minimum absolute atomic E-state index is 0.346. The topological polar surface area (TPSA) is 64.6 Å². The number of aryl methyl sites for hydroxylation is 1. The van der Waals surface area contributed by atoms with Crippen LogP contribution in [0.2, 0.25) is 0 Å². The Balaban J connectivity index is 1.82. The van der Waals surface area contributed by atoms with Crippen LogP contribution in [0.5, 0.6) is 5.75 Å². The molecule has 0 aromatic heterocycles. The van der Waals surface area contributed by atoms with Crippen LogP contribution in [0.15, 0.2) is 54.6 Å². The second-order valence-corrected chi connectivity index (χ2v) is 5.35. The summed E-state index contributed by atoms with van der Waals surface area (Å²) in [7, 11) is 0. The Morgan fingerprint density at radius 1 is 1.04 bits per heavy atom. The summed E-state index contributed by atoms with van der Waals surface area (Å²) in [6.45, 7) is 3.44. The fourth-order valence-corrected chi connectivity index (χ4v) is 2.03. The third-order valence-electron chi connectivity index (χ3n) is 3.34. The van der Waals surface area contributed by atoms with Crippen LogP contribution in [0.3, 0.4) is 0 Å². The lowest BCUT2D eigenvalue weighted by molar-refractivity contribution is -0.154. The van der Waals surface area contributed by atoms with E-state index < -0.39 is 12.1 Å². The average Bonchev–Trinajstić information content (AvgIpc) is 2.60. The van der Waals surface area contributed by atoms with Crippen LogP contribution in [-0.4, -0.2) is 24.6 Å². The molecular weight excluding hydrogens is 306 g/mol. The summed E-state index contributed by atoms with van der Waals surface area (Å²) < 4.78 is 10.6. The second-order valence-electron chi connectivity index (χ2n) is 5.35. The van der Waals surface area contributed by atoms with Crippen molar-refractivity contribution in [1.82, 2.24) is 0 Å². The maximum atomic E-state index is 12.1. The average molecular weight is 327 g/mol. The molecule has 1 N–H and O–H groups in total. The number of hydrogen-bond donors (Lipinski definition) is 1. The van der Waals surface area contributed by atoms with Crippen molar-refractivity contribution < 1.29 is 19.1 Å². The molecular formula is C19H21NO4. The molecule has 0 radical (unpaired) electrons. The summed E-state index contributed by atoms with van der Waals surface area (Å²) in [5.74, 6) is -0.354. The predicted octanol–water partition coefficient (Wildman–Crippen LogP) is 3.33. The van der Waals surface area contributed by atoms with Gasteiger partial charge >= 0.3 is 5.97 Å². The van der Waals surface area contributed by atoms with Gasteiger partial charge in [0.15, 0.2) is 12.7 Å². The molecule has 5 heteroatoms. The van der Waals surface area contributed by atoms with Crippen molar-refractivity contribution in [1.29, 1.82) is 0 Å². The number of amides is 1. The second kappa shape index (κ2) is 8.72. The molecule has 2 rings (SSSR count). The Labute approximate surface area is 141 Å². The largest absolute Gasteiger partial charge is 0.479 e. The Morgan fingerprint density at radius 3 is 2.33 bits per heavy atom. The number of ether oxygens (including phenoxy) is 2.